The van der Waals surface area contributed by atoms with Crippen LogP contribution in [-0.2, 0) is 16.1 Å². The molecule has 0 aliphatic carbocycles. The summed E-state index contributed by atoms with van der Waals surface area (Å²) in [5.74, 6) is -0.465. The summed E-state index contributed by atoms with van der Waals surface area (Å²) in [5, 5.41) is 15.1. The molecule has 1 unspecified atom stereocenters. The van der Waals surface area contributed by atoms with Crippen LogP contribution in [0.5, 0.6) is 0 Å². The third-order valence-electron chi connectivity index (χ3n) is 3.04. The highest BCUT2D eigenvalue weighted by Gasteiger charge is 2.23. The molecule has 21 heavy (non-hydrogen) atoms. The Morgan fingerprint density at radius 3 is 2.90 bits per heavy atom. The molecular weight excluding hydrogens is 272 g/mol. The summed E-state index contributed by atoms with van der Waals surface area (Å²) in [6, 6.07) is 8.61. The molecular formula is C14H18N4O3. The molecule has 1 aromatic rings. The molecule has 1 heterocycles. The highest BCUT2D eigenvalue weighted by molar-refractivity contribution is 5.99. The van der Waals surface area contributed by atoms with Gasteiger partial charge in [0.25, 0.3) is 0 Å². The van der Waals surface area contributed by atoms with Gasteiger partial charge >= 0.3 is 6.09 Å². The Labute approximate surface area is 122 Å². The van der Waals surface area contributed by atoms with E-state index in [2.05, 4.69) is 16.0 Å². The molecule has 1 aromatic carbocycles. The molecule has 1 aliphatic heterocycles. The minimum absolute atomic E-state index is 0.0517. The molecule has 4 N–H and O–H groups in total. The van der Waals surface area contributed by atoms with Crippen molar-refractivity contribution in [1.82, 2.24) is 16.0 Å². The van der Waals surface area contributed by atoms with Gasteiger partial charge in [-0.15, -0.1) is 0 Å². The summed E-state index contributed by atoms with van der Waals surface area (Å²) in [6.07, 6.45) is 0.533. The van der Waals surface area contributed by atoms with E-state index in [1.54, 1.807) is 0 Å². The number of hydrogen-bond acceptors (Lipinski definition) is 4. The van der Waals surface area contributed by atoms with E-state index in [9.17, 15) is 9.59 Å². The molecule has 1 aliphatic rings. The van der Waals surface area contributed by atoms with Gasteiger partial charge in [-0.3, -0.25) is 15.5 Å². The fourth-order valence-electron chi connectivity index (χ4n) is 1.95. The number of carbonyl (C=O) groups excluding carboxylic acids is 2. The summed E-state index contributed by atoms with van der Waals surface area (Å²) < 4.78 is 5.08. The van der Waals surface area contributed by atoms with Crippen LogP contribution in [0.2, 0.25) is 0 Å². The third kappa shape index (κ3) is 4.79. The van der Waals surface area contributed by atoms with Gasteiger partial charge in [-0.1, -0.05) is 30.3 Å². The molecule has 0 spiro atoms. The van der Waals surface area contributed by atoms with Crippen molar-refractivity contribution >= 4 is 18.0 Å². The van der Waals surface area contributed by atoms with Gasteiger partial charge in [-0.2, -0.15) is 0 Å². The molecule has 1 fully saturated rings. The zero-order valence-corrected chi connectivity index (χ0v) is 11.5. The molecule has 1 saturated heterocycles. The number of alkyl carbamates (subject to hydrolysis) is 1. The predicted molar refractivity (Wildman–Crippen MR) is 76.7 cm³/mol. The van der Waals surface area contributed by atoms with Gasteiger partial charge in [0.2, 0.25) is 5.91 Å². The maximum absolute atomic E-state index is 11.8. The highest BCUT2D eigenvalue weighted by Crippen LogP contribution is 2.03. The van der Waals surface area contributed by atoms with E-state index < -0.39 is 18.0 Å². The number of hydrogen-bond donors (Lipinski definition) is 4. The van der Waals surface area contributed by atoms with Crippen molar-refractivity contribution in [2.24, 2.45) is 0 Å². The van der Waals surface area contributed by atoms with E-state index >= 15 is 0 Å². The molecule has 0 bridgehead atoms. The van der Waals surface area contributed by atoms with E-state index in [0.717, 1.165) is 5.56 Å². The molecule has 7 heteroatoms. The van der Waals surface area contributed by atoms with Crippen molar-refractivity contribution in [2.75, 3.05) is 6.54 Å². The topological polar surface area (TPSA) is 103 Å². The van der Waals surface area contributed by atoms with Crippen LogP contribution in [0.1, 0.15) is 18.4 Å². The SMILES string of the molecule is N=C1NCCCC(NC(=O)OCc2ccccc2)C(=O)N1. The lowest BCUT2D eigenvalue weighted by molar-refractivity contribution is -0.122. The van der Waals surface area contributed by atoms with Crippen molar-refractivity contribution in [3.8, 4) is 0 Å². The van der Waals surface area contributed by atoms with Gasteiger partial charge in [-0.05, 0) is 18.4 Å². The first-order valence-corrected chi connectivity index (χ1v) is 6.75. The van der Waals surface area contributed by atoms with E-state index in [-0.39, 0.29) is 12.6 Å². The Hall–Kier alpha value is -2.57. The summed E-state index contributed by atoms with van der Waals surface area (Å²) >= 11 is 0. The second kappa shape index (κ2) is 7.28. The zero-order valence-electron chi connectivity index (χ0n) is 11.5. The monoisotopic (exact) mass is 290 g/mol. The van der Waals surface area contributed by atoms with Crippen molar-refractivity contribution in [3.05, 3.63) is 35.9 Å². The second-order valence-electron chi connectivity index (χ2n) is 4.69. The van der Waals surface area contributed by atoms with Gasteiger partial charge < -0.3 is 15.4 Å². The summed E-state index contributed by atoms with van der Waals surface area (Å²) in [6.45, 7) is 0.731. The maximum Gasteiger partial charge on any atom is 0.408 e. The lowest BCUT2D eigenvalue weighted by Gasteiger charge is -2.21. The maximum atomic E-state index is 11.8. The molecule has 1 atom stereocenters. The third-order valence-corrected chi connectivity index (χ3v) is 3.04. The minimum Gasteiger partial charge on any atom is -0.445 e. The molecule has 7 nitrogen and oxygen atoms in total. The Morgan fingerprint density at radius 2 is 2.14 bits per heavy atom. The fraction of sp³-hybridized carbons (Fsp3) is 0.357. The van der Waals surface area contributed by atoms with E-state index in [1.807, 2.05) is 30.3 Å². The summed E-state index contributed by atoms with van der Waals surface area (Å²) in [7, 11) is 0. The number of rotatable bonds is 3. The van der Waals surface area contributed by atoms with Gasteiger partial charge in [0.15, 0.2) is 5.96 Å². The normalized spacial score (nSPS) is 18.8. The number of benzene rings is 1. The van der Waals surface area contributed by atoms with E-state index in [4.69, 9.17) is 10.1 Å². The lowest BCUT2D eigenvalue weighted by atomic mass is 10.1. The lowest BCUT2D eigenvalue weighted by Crippen LogP contribution is -2.53. The van der Waals surface area contributed by atoms with Crippen LogP contribution in [0.3, 0.4) is 0 Å². The first-order valence-electron chi connectivity index (χ1n) is 6.75. The summed E-state index contributed by atoms with van der Waals surface area (Å²) in [5.41, 5.74) is 0.876. The highest BCUT2D eigenvalue weighted by atomic mass is 16.5. The second-order valence-corrected chi connectivity index (χ2v) is 4.69. The Kier molecular flexibility index (Phi) is 5.14. The number of ether oxygens (including phenoxy) is 1. The average molecular weight is 290 g/mol. The van der Waals surface area contributed by atoms with Crippen molar-refractivity contribution < 1.29 is 14.3 Å². The van der Waals surface area contributed by atoms with Gasteiger partial charge in [0.1, 0.15) is 12.6 Å². The largest absolute Gasteiger partial charge is 0.445 e. The van der Waals surface area contributed by atoms with Crippen LogP contribution >= 0.6 is 0 Å². The van der Waals surface area contributed by atoms with Crippen molar-refractivity contribution in [2.45, 2.75) is 25.5 Å². The van der Waals surface area contributed by atoms with E-state index in [0.29, 0.717) is 19.4 Å². The zero-order chi connectivity index (χ0) is 15.1. The van der Waals surface area contributed by atoms with Crippen LogP contribution < -0.4 is 16.0 Å². The Bertz CT molecular complexity index is 518. The molecule has 2 rings (SSSR count). The quantitative estimate of drug-likeness (QED) is 0.658. The first-order chi connectivity index (χ1) is 10.1. The van der Waals surface area contributed by atoms with Crippen molar-refractivity contribution in [3.63, 3.8) is 0 Å². The van der Waals surface area contributed by atoms with Crippen LogP contribution in [0.4, 0.5) is 4.79 Å². The fourth-order valence-corrected chi connectivity index (χ4v) is 1.95. The average Bonchev–Trinajstić information content (AvgIpc) is 2.48. The minimum atomic E-state index is -0.685. The van der Waals surface area contributed by atoms with Gasteiger partial charge in [0, 0.05) is 6.54 Å². The predicted octanol–water partition coefficient (Wildman–Crippen LogP) is 0.716. The van der Waals surface area contributed by atoms with Gasteiger partial charge in [-0.25, -0.2) is 4.79 Å². The van der Waals surface area contributed by atoms with E-state index in [1.165, 1.54) is 0 Å². The summed E-state index contributed by atoms with van der Waals surface area (Å²) in [4.78, 5) is 23.6. The molecule has 2 amide bonds. The number of nitrogens with one attached hydrogen (secondary N) is 4. The Morgan fingerprint density at radius 1 is 1.38 bits per heavy atom. The number of carbonyl (C=O) groups is 2. The Balaban J connectivity index is 1.83. The standard InChI is InChI=1S/C14H18N4O3/c15-13-16-8-4-7-11(12(19)18-13)17-14(20)21-9-10-5-2-1-3-6-10/h1-3,5-6,11H,4,7-9H2,(H,17,20)(H3,15,16,18,19). The molecule has 0 radical (unpaired) electrons. The molecule has 112 valence electrons. The van der Waals surface area contributed by atoms with Crippen LogP contribution in [0.15, 0.2) is 30.3 Å². The van der Waals surface area contributed by atoms with Crippen molar-refractivity contribution in [1.29, 1.82) is 5.41 Å². The van der Waals surface area contributed by atoms with Crippen LogP contribution in [-0.4, -0.2) is 30.5 Å². The molecule has 0 aromatic heterocycles. The van der Waals surface area contributed by atoms with Gasteiger partial charge in [0.05, 0.1) is 0 Å². The van der Waals surface area contributed by atoms with Crippen LogP contribution in [0.25, 0.3) is 0 Å². The number of guanidine groups is 1. The number of amides is 2. The first kappa shape index (κ1) is 14.8. The molecule has 0 saturated carbocycles. The van der Waals surface area contributed by atoms with Crippen LogP contribution in [0, 0.1) is 5.41 Å². The smallest absolute Gasteiger partial charge is 0.408 e.